The second kappa shape index (κ2) is 7.50. The predicted octanol–water partition coefficient (Wildman–Crippen LogP) is 1.78. The molecular formula is C14H17F2NO3S. The van der Waals surface area contributed by atoms with Gasteiger partial charge in [0.1, 0.15) is 23.1 Å². The summed E-state index contributed by atoms with van der Waals surface area (Å²) >= 11 is 0. The molecule has 0 bridgehead atoms. The van der Waals surface area contributed by atoms with Crippen LogP contribution in [0, 0.1) is 23.5 Å². The first-order valence-corrected chi connectivity index (χ1v) is 7.95. The van der Waals surface area contributed by atoms with Gasteiger partial charge < -0.3 is 5.11 Å². The smallest absolute Gasteiger partial charge is 0.244 e. The first kappa shape index (κ1) is 17.6. The molecule has 0 unspecified atom stereocenters. The van der Waals surface area contributed by atoms with E-state index in [0.29, 0.717) is 18.9 Å². The average molecular weight is 317 g/mol. The minimum absolute atomic E-state index is 0.319. The van der Waals surface area contributed by atoms with Crippen LogP contribution in [0.3, 0.4) is 0 Å². The Morgan fingerprint density at radius 2 is 1.90 bits per heavy atom. The zero-order valence-corrected chi connectivity index (χ0v) is 12.6. The molecule has 0 radical (unpaired) electrons. The summed E-state index contributed by atoms with van der Waals surface area (Å²) in [7, 11) is -4.17. The van der Waals surface area contributed by atoms with Crippen molar-refractivity contribution in [2.24, 2.45) is 0 Å². The first-order valence-electron chi connectivity index (χ1n) is 6.46. The Morgan fingerprint density at radius 3 is 2.43 bits per heavy atom. The number of rotatable bonds is 5. The SMILES string of the molecule is CCC(CC)NS(=O)(=O)c1c(F)cc(F)cc1C#CCO. The molecule has 0 saturated carbocycles. The van der Waals surface area contributed by atoms with Crippen molar-refractivity contribution in [2.75, 3.05) is 6.61 Å². The maximum Gasteiger partial charge on any atom is 0.244 e. The minimum Gasteiger partial charge on any atom is -0.384 e. The van der Waals surface area contributed by atoms with Crippen molar-refractivity contribution in [3.05, 3.63) is 29.3 Å². The molecule has 0 aliphatic heterocycles. The zero-order valence-electron chi connectivity index (χ0n) is 11.8. The van der Waals surface area contributed by atoms with Gasteiger partial charge in [0.2, 0.25) is 10.0 Å². The number of halogens is 2. The molecule has 0 heterocycles. The lowest BCUT2D eigenvalue weighted by Gasteiger charge is -2.16. The lowest BCUT2D eigenvalue weighted by atomic mass is 10.2. The van der Waals surface area contributed by atoms with E-state index < -0.39 is 33.2 Å². The molecule has 1 aromatic carbocycles. The van der Waals surface area contributed by atoms with Crippen LogP contribution in [0.15, 0.2) is 17.0 Å². The zero-order chi connectivity index (χ0) is 16.0. The quantitative estimate of drug-likeness (QED) is 0.814. The van der Waals surface area contributed by atoms with E-state index in [4.69, 9.17) is 5.11 Å². The molecule has 0 fully saturated rings. The third kappa shape index (κ3) is 4.49. The van der Waals surface area contributed by atoms with Gasteiger partial charge in [-0.2, -0.15) is 0 Å². The molecule has 7 heteroatoms. The highest BCUT2D eigenvalue weighted by molar-refractivity contribution is 7.89. The van der Waals surface area contributed by atoms with Crippen LogP contribution in [0.2, 0.25) is 0 Å². The Labute approximate surface area is 123 Å². The van der Waals surface area contributed by atoms with E-state index in [1.54, 1.807) is 13.8 Å². The monoisotopic (exact) mass is 317 g/mol. The fourth-order valence-corrected chi connectivity index (χ4v) is 3.40. The fraction of sp³-hybridized carbons (Fsp3) is 0.429. The molecule has 4 nitrogen and oxygen atoms in total. The molecule has 1 aromatic rings. The molecule has 0 aliphatic carbocycles. The van der Waals surface area contributed by atoms with Crippen LogP contribution in [0.1, 0.15) is 32.3 Å². The summed E-state index contributed by atoms with van der Waals surface area (Å²) in [6.45, 7) is 3.05. The average Bonchev–Trinajstić information content (AvgIpc) is 2.41. The molecule has 116 valence electrons. The van der Waals surface area contributed by atoms with Crippen molar-refractivity contribution in [2.45, 2.75) is 37.6 Å². The number of benzene rings is 1. The molecular weight excluding hydrogens is 300 g/mol. The molecule has 0 amide bonds. The number of hydrogen-bond acceptors (Lipinski definition) is 3. The summed E-state index contributed by atoms with van der Waals surface area (Å²) in [6.07, 6.45) is 1.08. The van der Waals surface area contributed by atoms with Crippen molar-refractivity contribution in [1.82, 2.24) is 4.72 Å². The molecule has 0 atom stereocenters. The van der Waals surface area contributed by atoms with Gasteiger partial charge in [-0.3, -0.25) is 0 Å². The number of aliphatic hydroxyl groups is 1. The van der Waals surface area contributed by atoms with Gasteiger partial charge >= 0.3 is 0 Å². The van der Waals surface area contributed by atoms with Crippen LogP contribution in [0.5, 0.6) is 0 Å². The highest BCUT2D eigenvalue weighted by Crippen LogP contribution is 2.21. The minimum atomic E-state index is -4.17. The summed E-state index contributed by atoms with van der Waals surface area (Å²) in [6, 6.07) is 0.969. The molecule has 0 saturated heterocycles. The van der Waals surface area contributed by atoms with Gasteiger partial charge in [0.25, 0.3) is 0 Å². The van der Waals surface area contributed by atoms with Crippen molar-refractivity contribution < 1.29 is 22.3 Å². The topological polar surface area (TPSA) is 66.4 Å². The molecule has 0 aliphatic rings. The Kier molecular flexibility index (Phi) is 6.27. The highest BCUT2D eigenvalue weighted by Gasteiger charge is 2.25. The van der Waals surface area contributed by atoms with Crippen LogP contribution in [0.4, 0.5) is 8.78 Å². The molecule has 0 aromatic heterocycles. The van der Waals surface area contributed by atoms with Crippen LogP contribution < -0.4 is 4.72 Å². The van der Waals surface area contributed by atoms with Gasteiger partial charge in [-0.25, -0.2) is 21.9 Å². The standard InChI is InChI=1S/C14H17F2NO3S/c1-3-12(4-2)17-21(19,20)14-10(6-5-7-18)8-11(15)9-13(14)16/h8-9,12,17-18H,3-4,7H2,1-2H3. The first-order chi connectivity index (χ1) is 9.85. The van der Waals surface area contributed by atoms with Gasteiger partial charge in [0.05, 0.1) is 5.56 Å². The lowest BCUT2D eigenvalue weighted by molar-refractivity contribution is 0.350. The Hall–Kier alpha value is -1.49. The second-order valence-corrected chi connectivity index (χ2v) is 6.01. The van der Waals surface area contributed by atoms with Crippen molar-refractivity contribution in [3.63, 3.8) is 0 Å². The number of nitrogens with one attached hydrogen (secondary N) is 1. The van der Waals surface area contributed by atoms with E-state index in [-0.39, 0.29) is 11.6 Å². The maximum atomic E-state index is 13.9. The molecule has 1 rings (SSSR count). The largest absolute Gasteiger partial charge is 0.384 e. The van der Waals surface area contributed by atoms with Gasteiger partial charge in [0.15, 0.2) is 0 Å². The van der Waals surface area contributed by atoms with E-state index >= 15 is 0 Å². The van der Waals surface area contributed by atoms with Crippen molar-refractivity contribution in [1.29, 1.82) is 0 Å². The molecule has 2 N–H and O–H groups in total. The third-order valence-electron chi connectivity index (χ3n) is 2.89. The highest BCUT2D eigenvalue weighted by atomic mass is 32.2. The Balaban J connectivity index is 3.40. The van der Waals surface area contributed by atoms with E-state index in [1.807, 2.05) is 0 Å². The second-order valence-electron chi connectivity index (χ2n) is 4.36. The van der Waals surface area contributed by atoms with Crippen LogP contribution >= 0.6 is 0 Å². The lowest BCUT2D eigenvalue weighted by Crippen LogP contribution is -2.34. The van der Waals surface area contributed by atoms with Crippen LogP contribution in [0.25, 0.3) is 0 Å². The van der Waals surface area contributed by atoms with Gasteiger partial charge in [-0.15, -0.1) is 0 Å². The summed E-state index contributed by atoms with van der Waals surface area (Å²) in [5, 5.41) is 8.66. The number of hydrogen-bond donors (Lipinski definition) is 2. The maximum absolute atomic E-state index is 13.9. The van der Waals surface area contributed by atoms with E-state index in [2.05, 4.69) is 16.6 Å². The Bertz CT molecular complexity index is 659. The number of aliphatic hydroxyl groups excluding tert-OH is 1. The predicted molar refractivity (Wildman–Crippen MR) is 75.0 cm³/mol. The molecule has 0 spiro atoms. The summed E-state index contributed by atoms with van der Waals surface area (Å²) < 4.78 is 54.0. The normalized spacial score (nSPS) is 11.3. The van der Waals surface area contributed by atoms with E-state index in [0.717, 1.165) is 6.07 Å². The van der Waals surface area contributed by atoms with Crippen LogP contribution in [-0.2, 0) is 10.0 Å². The molecule has 21 heavy (non-hydrogen) atoms. The van der Waals surface area contributed by atoms with Crippen molar-refractivity contribution in [3.8, 4) is 11.8 Å². The summed E-state index contributed by atoms with van der Waals surface area (Å²) in [5.41, 5.74) is -0.319. The Morgan fingerprint density at radius 1 is 1.29 bits per heavy atom. The third-order valence-corrected chi connectivity index (χ3v) is 4.48. The van der Waals surface area contributed by atoms with Crippen LogP contribution in [-0.4, -0.2) is 26.2 Å². The fourth-order valence-electron chi connectivity index (χ4n) is 1.79. The summed E-state index contributed by atoms with van der Waals surface area (Å²) in [4.78, 5) is -0.697. The van der Waals surface area contributed by atoms with E-state index in [9.17, 15) is 17.2 Å². The van der Waals surface area contributed by atoms with Gasteiger partial charge in [-0.1, -0.05) is 25.7 Å². The van der Waals surface area contributed by atoms with Gasteiger partial charge in [0, 0.05) is 12.1 Å². The van der Waals surface area contributed by atoms with Gasteiger partial charge in [-0.05, 0) is 18.9 Å². The van der Waals surface area contributed by atoms with E-state index in [1.165, 1.54) is 0 Å². The van der Waals surface area contributed by atoms with Crippen molar-refractivity contribution >= 4 is 10.0 Å². The summed E-state index contributed by atoms with van der Waals surface area (Å²) in [5.74, 6) is 2.31. The number of sulfonamides is 1.